The Morgan fingerprint density at radius 2 is 2.00 bits per heavy atom. The molecule has 2 heterocycles. The number of likely N-dealkylation sites (tertiary alicyclic amines) is 1. The monoisotopic (exact) mass is 283 g/mol. The summed E-state index contributed by atoms with van der Waals surface area (Å²) in [5, 5.41) is 2.77. The topological polar surface area (TPSA) is 84.7 Å². The molecule has 0 aliphatic carbocycles. The Morgan fingerprint density at radius 3 is 2.60 bits per heavy atom. The highest BCUT2D eigenvalue weighted by molar-refractivity contribution is 5.89. The number of nitrogens with one attached hydrogen (secondary N) is 1. The second-order valence-electron chi connectivity index (χ2n) is 5.68. The Kier molecular flexibility index (Phi) is 5.37. The first-order chi connectivity index (χ1) is 9.61. The molecular formula is C14H25N3O3. The van der Waals surface area contributed by atoms with E-state index in [1.807, 2.05) is 4.90 Å². The Morgan fingerprint density at radius 1 is 1.30 bits per heavy atom. The summed E-state index contributed by atoms with van der Waals surface area (Å²) in [6.45, 7) is 3.78. The van der Waals surface area contributed by atoms with Crippen molar-refractivity contribution in [2.45, 2.75) is 57.3 Å². The van der Waals surface area contributed by atoms with Crippen LogP contribution in [-0.4, -0.2) is 54.6 Å². The summed E-state index contributed by atoms with van der Waals surface area (Å²) in [6, 6.07) is -0.485. The number of nitrogens with two attached hydrogens (primary N) is 1. The highest BCUT2D eigenvalue weighted by Gasteiger charge is 2.32. The minimum Gasteiger partial charge on any atom is -0.364 e. The molecule has 2 rings (SSSR count). The fourth-order valence-electron chi connectivity index (χ4n) is 2.83. The van der Waals surface area contributed by atoms with Crippen LogP contribution < -0.4 is 11.1 Å². The van der Waals surface area contributed by atoms with Crippen molar-refractivity contribution < 1.29 is 14.3 Å². The number of amides is 2. The molecule has 6 heteroatoms. The van der Waals surface area contributed by atoms with Crippen LogP contribution in [0.3, 0.4) is 0 Å². The lowest BCUT2D eigenvalue weighted by molar-refractivity contribution is -0.140. The van der Waals surface area contributed by atoms with E-state index in [0.29, 0.717) is 13.0 Å². The van der Waals surface area contributed by atoms with E-state index in [-0.39, 0.29) is 17.9 Å². The SMILES string of the molecule is CC(NC(=O)[C@@H]1CC[C@H](CN)O1)C(=O)N1CCCCC1. The van der Waals surface area contributed by atoms with Crippen molar-refractivity contribution in [3.05, 3.63) is 0 Å². The summed E-state index contributed by atoms with van der Waals surface area (Å²) in [7, 11) is 0. The Labute approximate surface area is 120 Å². The molecular weight excluding hydrogens is 258 g/mol. The number of ether oxygens (including phenoxy) is 1. The number of carbonyl (C=O) groups is 2. The first-order valence-electron chi connectivity index (χ1n) is 7.56. The van der Waals surface area contributed by atoms with Crippen molar-refractivity contribution in [3.63, 3.8) is 0 Å². The lowest BCUT2D eigenvalue weighted by Gasteiger charge is -2.29. The Bertz CT molecular complexity index is 356. The molecule has 0 radical (unpaired) electrons. The van der Waals surface area contributed by atoms with Crippen molar-refractivity contribution in [1.29, 1.82) is 0 Å². The number of carbonyl (C=O) groups excluding carboxylic acids is 2. The van der Waals surface area contributed by atoms with Crippen LogP contribution >= 0.6 is 0 Å². The molecule has 2 fully saturated rings. The van der Waals surface area contributed by atoms with Gasteiger partial charge in [0.05, 0.1) is 6.10 Å². The summed E-state index contributed by atoms with van der Waals surface area (Å²) in [6.07, 6.45) is 4.29. The molecule has 3 atom stereocenters. The van der Waals surface area contributed by atoms with E-state index in [4.69, 9.17) is 10.5 Å². The smallest absolute Gasteiger partial charge is 0.249 e. The first-order valence-corrected chi connectivity index (χ1v) is 7.56. The van der Waals surface area contributed by atoms with Gasteiger partial charge in [-0.25, -0.2) is 0 Å². The van der Waals surface area contributed by atoms with Gasteiger partial charge in [0.1, 0.15) is 12.1 Å². The van der Waals surface area contributed by atoms with Gasteiger partial charge in [-0.3, -0.25) is 9.59 Å². The van der Waals surface area contributed by atoms with E-state index >= 15 is 0 Å². The summed E-state index contributed by atoms with van der Waals surface area (Å²) in [5.74, 6) is -0.190. The third kappa shape index (κ3) is 3.70. The van der Waals surface area contributed by atoms with Crippen molar-refractivity contribution in [3.8, 4) is 0 Å². The lowest BCUT2D eigenvalue weighted by atomic mass is 10.1. The van der Waals surface area contributed by atoms with E-state index in [1.54, 1.807) is 6.92 Å². The van der Waals surface area contributed by atoms with Crippen LogP contribution in [0, 0.1) is 0 Å². The maximum Gasteiger partial charge on any atom is 0.249 e. The van der Waals surface area contributed by atoms with Gasteiger partial charge in [-0.15, -0.1) is 0 Å². The molecule has 114 valence electrons. The molecule has 2 saturated heterocycles. The fraction of sp³-hybridized carbons (Fsp3) is 0.857. The molecule has 0 aromatic carbocycles. The van der Waals surface area contributed by atoms with Gasteiger partial charge in [0.25, 0.3) is 0 Å². The van der Waals surface area contributed by atoms with E-state index in [9.17, 15) is 9.59 Å². The molecule has 1 unspecified atom stereocenters. The van der Waals surface area contributed by atoms with Crippen LogP contribution in [0.15, 0.2) is 0 Å². The van der Waals surface area contributed by atoms with Crippen LogP contribution in [0.5, 0.6) is 0 Å². The molecule has 2 aliphatic rings. The van der Waals surface area contributed by atoms with Gasteiger partial charge in [0, 0.05) is 19.6 Å². The maximum atomic E-state index is 12.2. The minimum absolute atomic E-state index is 0.00595. The molecule has 0 aromatic rings. The van der Waals surface area contributed by atoms with E-state index < -0.39 is 12.1 Å². The van der Waals surface area contributed by atoms with Crippen molar-refractivity contribution in [2.75, 3.05) is 19.6 Å². The van der Waals surface area contributed by atoms with E-state index in [1.165, 1.54) is 6.42 Å². The zero-order valence-corrected chi connectivity index (χ0v) is 12.1. The van der Waals surface area contributed by atoms with E-state index in [2.05, 4.69) is 5.32 Å². The summed E-state index contributed by atoms with van der Waals surface area (Å²) in [5.41, 5.74) is 5.53. The largest absolute Gasteiger partial charge is 0.364 e. The molecule has 0 saturated carbocycles. The summed E-state index contributed by atoms with van der Waals surface area (Å²) >= 11 is 0. The Hall–Kier alpha value is -1.14. The van der Waals surface area contributed by atoms with Gasteiger partial charge in [0.2, 0.25) is 11.8 Å². The predicted octanol–water partition coefficient (Wildman–Crippen LogP) is 0.00990. The van der Waals surface area contributed by atoms with Gasteiger partial charge in [-0.05, 0) is 39.0 Å². The highest BCUT2D eigenvalue weighted by atomic mass is 16.5. The van der Waals surface area contributed by atoms with Gasteiger partial charge in [-0.2, -0.15) is 0 Å². The summed E-state index contributed by atoms with van der Waals surface area (Å²) in [4.78, 5) is 26.1. The maximum absolute atomic E-state index is 12.2. The van der Waals surface area contributed by atoms with Crippen molar-refractivity contribution in [1.82, 2.24) is 10.2 Å². The second kappa shape index (κ2) is 7.04. The van der Waals surface area contributed by atoms with E-state index in [0.717, 1.165) is 32.4 Å². The van der Waals surface area contributed by atoms with Crippen LogP contribution in [0.25, 0.3) is 0 Å². The number of piperidine rings is 1. The van der Waals surface area contributed by atoms with Crippen molar-refractivity contribution in [2.24, 2.45) is 5.73 Å². The van der Waals surface area contributed by atoms with Crippen LogP contribution in [0.4, 0.5) is 0 Å². The zero-order valence-electron chi connectivity index (χ0n) is 12.1. The quantitative estimate of drug-likeness (QED) is 0.761. The molecule has 0 spiro atoms. The number of rotatable bonds is 4. The van der Waals surface area contributed by atoms with Crippen LogP contribution in [0.1, 0.15) is 39.0 Å². The molecule has 2 aliphatic heterocycles. The standard InChI is InChI=1S/C14H25N3O3/c1-10(14(19)17-7-3-2-4-8-17)16-13(18)12-6-5-11(9-15)20-12/h10-12H,2-9,15H2,1H3,(H,16,18)/t10?,11-,12+/m1/s1. The van der Waals surface area contributed by atoms with Gasteiger partial charge in [0.15, 0.2) is 0 Å². The third-order valence-corrected chi connectivity index (χ3v) is 4.06. The lowest BCUT2D eigenvalue weighted by Crippen LogP contribution is -2.50. The molecule has 0 aromatic heterocycles. The molecule has 6 nitrogen and oxygen atoms in total. The third-order valence-electron chi connectivity index (χ3n) is 4.06. The average Bonchev–Trinajstić information content (AvgIpc) is 2.96. The second-order valence-corrected chi connectivity index (χ2v) is 5.68. The zero-order chi connectivity index (χ0) is 14.5. The van der Waals surface area contributed by atoms with Gasteiger partial charge in [-0.1, -0.05) is 0 Å². The number of hydrogen-bond acceptors (Lipinski definition) is 4. The average molecular weight is 283 g/mol. The van der Waals surface area contributed by atoms with Crippen molar-refractivity contribution >= 4 is 11.8 Å². The van der Waals surface area contributed by atoms with Gasteiger partial charge < -0.3 is 20.7 Å². The normalized spacial score (nSPS) is 28.2. The van der Waals surface area contributed by atoms with Crippen LogP contribution in [0.2, 0.25) is 0 Å². The van der Waals surface area contributed by atoms with Gasteiger partial charge >= 0.3 is 0 Å². The van der Waals surface area contributed by atoms with Crippen LogP contribution in [-0.2, 0) is 14.3 Å². The molecule has 0 bridgehead atoms. The highest BCUT2D eigenvalue weighted by Crippen LogP contribution is 2.19. The molecule has 2 amide bonds. The Balaban J connectivity index is 1.79. The molecule has 3 N–H and O–H groups in total. The minimum atomic E-state index is -0.485. The predicted molar refractivity (Wildman–Crippen MR) is 75.0 cm³/mol. The molecule has 20 heavy (non-hydrogen) atoms. The number of hydrogen-bond donors (Lipinski definition) is 2. The number of nitrogens with zero attached hydrogens (tertiary/aromatic N) is 1. The summed E-state index contributed by atoms with van der Waals surface area (Å²) < 4.78 is 5.54. The fourth-order valence-corrected chi connectivity index (χ4v) is 2.83. The first kappa shape index (κ1) is 15.3.